The van der Waals surface area contributed by atoms with Crippen LogP contribution in [0.3, 0.4) is 0 Å². The molecule has 0 saturated heterocycles. The third-order valence-corrected chi connectivity index (χ3v) is 2.50. The summed E-state index contributed by atoms with van der Waals surface area (Å²) in [6.45, 7) is 1.42. The van der Waals surface area contributed by atoms with Crippen LogP contribution in [0.5, 0.6) is 5.88 Å². The number of aromatic nitrogens is 2. The Hall–Kier alpha value is -2.37. The van der Waals surface area contributed by atoms with Gasteiger partial charge >= 0.3 is 5.97 Å². The number of nitrogens with zero attached hydrogens (tertiary/aromatic N) is 2. The number of ketones is 1. The minimum Gasteiger partial charge on any atom is -0.494 e. The van der Waals surface area contributed by atoms with E-state index >= 15 is 0 Å². The zero-order valence-corrected chi connectivity index (χ0v) is 10.0. The van der Waals surface area contributed by atoms with E-state index in [0.717, 1.165) is 0 Å². The van der Waals surface area contributed by atoms with E-state index in [1.165, 1.54) is 24.5 Å². The second-order valence-corrected chi connectivity index (χ2v) is 3.85. The van der Waals surface area contributed by atoms with Gasteiger partial charge in [-0.05, 0) is 19.1 Å². The van der Waals surface area contributed by atoms with Crippen LogP contribution in [0, 0.1) is 0 Å². The average Bonchev–Trinajstić information content (AvgIpc) is 2.68. The Bertz CT molecular complexity index is 630. The molecule has 18 heavy (non-hydrogen) atoms. The van der Waals surface area contributed by atoms with Gasteiger partial charge in [-0.25, -0.2) is 9.78 Å². The molecule has 6 nitrogen and oxygen atoms in total. The van der Waals surface area contributed by atoms with Crippen LogP contribution in [0.25, 0.3) is 5.52 Å². The minimum absolute atomic E-state index is 0.0374. The highest BCUT2D eigenvalue weighted by atomic mass is 16.5. The molecule has 2 aromatic rings. The summed E-state index contributed by atoms with van der Waals surface area (Å²) in [5.74, 6) is -0.475. The quantitative estimate of drug-likeness (QED) is 0.818. The van der Waals surface area contributed by atoms with Gasteiger partial charge in [0.25, 0.3) is 0 Å². The van der Waals surface area contributed by atoms with E-state index in [1.807, 2.05) is 0 Å². The van der Waals surface area contributed by atoms with Crippen LogP contribution in [-0.4, -0.2) is 33.4 Å². The van der Waals surface area contributed by atoms with Crippen molar-refractivity contribution >= 4 is 17.3 Å². The molecule has 0 unspecified atom stereocenters. The van der Waals surface area contributed by atoms with Gasteiger partial charge in [0.1, 0.15) is 11.6 Å². The number of imidazole rings is 1. The van der Waals surface area contributed by atoms with Crippen LogP contribution in [0.2, 0.25) is 0 Å². The average molecular weight is 248 g/mol. The molecule has 2 aromatic heterocycles. The molecule has 0 atom stereocenters. The monoisotopic (exact) mass is 248 g/mol. The van der Waals surface area contributed by atoms with Gasteiger partial charge in [-0.1, -0.05) is 6.07 Å². The lowest BCUT2D eigenvalue weighted by Gasteiger charge is -2.01. The largest absolute Gasteiger partial charge is 0.494 e. The first kappa shape index (κ1) is 12.1. The van der Waals surface area contributed by atoms with Crippen molar-refractivity contribution in [2.45, 2.75) is 13.3 Å². The zero-order valence-electron chi connectivity index (χ0n) is 10.0. The summed E-state index contributed by atoms with van der Waals surface area (Å²) in [6.07, 6.45) is 0.0374. The highest BCUT2D eigenvalue weighted by molar-refractivity contribution is 5.95. The maximum absolute atomic E-state index is 11.6. The molecule has 94 valence electrons. The van der Waals surface area contributed by atoms with E-state index < -0.39 is 5.97 Å². The number of fused-ring (bicyclic) bond motifs is 1. The number of rotatable bonds is 3. The van der Waals surface area contributed by atoms with Gasteiger partial charge in [-0.3, -0.25) is 9.20 Å². The number of hydrogen-bond acceptors (Lipinski definition) is 5. The first-order chi connectivity index (χ1) is 8.54. The summed E-state index contributed by atoms with van der Waals surface area (Å²) in [7, 11) is 1.25. The third-order valence-electron chi connectivity index (χ3n) is 2.50. The van der Waals surface area contributed by atoms with Crippen molar-refractivity contribution in [3.05, 3.63) is 29.7 Å². The first-order valence-corrected chi connectivity index (χ1v) is 5.31. The van der Waals surface area contributed by atoms with Crippen LogP contribution >= 0.6 is 0 Å². The normalized spacial score (nSPS) is 10.6. The molecular formula is C12H12N2O4. The lowest BCUT2D eigenvalue weighted by atomic mass is 10.3. The van der Waals surface area contributed by atoms with Gasteiger partial charge in [0.05, 0.1) is 19.0 Å². The summed E-state index contributed by atoms with van der Waals surface area (Å²) in [5, 5.41) is 9.79. The Labute approximate surface area is 103 Å². The Morgan fingerprint density at radius 1 is 1.44 bits per heavy atom. The van der Waals surface area contributed by atoms with E-state index in [-0.39, 0.29) is 23.8 Å². The SMILES string of the molecule is COC(=O)c1nc(CC(C)=O)n2c(O)cccc12. The highest BCUT2D eigenvalue weighted by Gasteiger charge is 2.20. The van der Waals surface area contributed by atoms with Crippen LogP contribution < -0.4 is 0 Å². The molecule has 0 spiro atoms. The van der Waals surface area contributed by atoms with Gasteiger partial charge in [-0.15, -0.1) is 0 Å². The van der Waals surface area contributed by atoms with Gasteiger partial charge in [0.15, 0.2) is 11.6 Å². The molecule has 0 saturated carbocycles. The molecular weight excluding hydrogens is 236 g/mol. The second-order valence-electron chi connectivity index (χ2n) is 3.85. The van der Waals surface area contributed by atoms with Gasteiger partial charge < -0.3 is 9.84 Å². The lowest BCUT2D eigenvalue weighted by molar-refractivity contribution is -0.116. The first-order valence-electron chi connectivity index (χ1n) is 5.31. The number of carbonyl (C=O) groups is 2. The van der Waals surface area contributed by atoms with Crippen molar-refractivity contribution in [1.29, 1.82) is 0 Å². The topological polar surface area (TPSA) is 80.9 Å². The predicted molar refractivity (Wildman–Crippen MR) is 62.6 cm³/mol. The van der Waals surface area contributed by atoms with Crippen LogP contribution in [0.4, 0.5) is 0 Å². The number of hydrogen-bond donors (Lipinski definition) is 1. The van der Waals surface area contributed by atoms with E-state index in [9.17, 15) is 14.7 Å². The van der Waals surface area contributed by atoms with E-state index in [2.05, 4.69) is 9.72 Å². The van der Waals surface area contributed by atoms with E-state index in [4.69, 9.17) is 0 Å². The molecule has 0 aliphatic heterocycles. The smallest absolute Gasteiger partial charge is 0.358 e. The van der Waals surface area contributed by atoms with Crippen LogP contribution in [0.15, 0.2) is 18.2 Å². The molecule has 0 aromatic carbocycles. The molecule has 0 fully saturated rings. The molecule has 6 heteroatoms. The van der Waals surface area contributed by atoms with E-state index in [0.29, 0.717) is 11.3 Å². The number of carbonyl (C=O) groups excluding carboxylic acids is 2. The third kappa shape index (κ3) is 1.92. The number of esters is 1. The van der Waals surface area contributed by atoms with Crippen molar-refractivity contribution in [3.8, 4) is 5.88 Å². The number of Topliss-reactive ketones (excluding diaryl/α,β-unsaturated/α-hetero) is 1. The Kier molecular flexibility index (Phi) is 3.01. The van der Waals surface area contributed by atoms with Crippen molar-refractivity contribution < 1.29 is 19.4 Å². The maximum atomic E-state index is 11.6. The second kappa shape index (κ2) is 4.48. The summed E-state index contributed by atoms with van der Waals surface area (Å²) in [5.41, 5.74) is 0.503. The maximum Gasteiger partial charge on any atom is 0.358 e. The van der Waals surface area contributed by atoms with Gasteiger partial charge in [0.2, 0.25) is 0 Å². The summed E-state index contributed by atoms with van der Waals surface area (Å²) in [6, 6.07) is 4.68. The molecule has 0 bridgehead atoms. The van der Waals surface area contributed by atoms with Crippen molar-refractivity contribution in [2.75, 3.05) is 7.11 Å². The Morgan fingerprint density at radius 2 is 2.17 bits per heavy atom. The Balaban J connectivity index is 2.71. The molecule has 1 N–H and O–H groups in total. The van der Waals surface area contributed by atoms with Crippen LogP contribution in [0.1, 0.15) is 23.2 Å². The summed E-state index contributed by atoms with van der Waals surface area (Å²) in [4.78, 5) is 26.8. The fourth-order valence-electron chi connectivity index (χ4n) is 1.78. The fourth-order valence-corrected chi connectivity index (χ4v) is 1.78. The molecule has 0 aliphatic carbocycles. The number of pyridine rings is 1. The van der Waals surface area contributed by atoms with Crippen molar-refractivity contribution in [1.82, 2.24) is 9.38 Å². The summed E-state index contributed by atoms with van der Waals surface area (Å²) < 4.78 is 5.99. The van der Waals surface area contributed by atoms with Gasteiger partial charge in [-0.2, -0.15) is 0 Å². The predicted octanol–water partition coefficient (Wildman–Crippen LogP) is 0.958. The molecule has 0 radical (unpaired) electrons. The number of ether oxygens (including phenoxy) is 1. The summed E-state index contributed by atoms with van der Waals surface area (Å²) >= 11 is 0. The van der Waals surface area contributed by atoms with Crippen LogP contribution in [-0.2, 0) is 16.0 Å². The minimum atomic E-state index is -0.604. The molecule has 2 heterocycles. The molecule has 0 aliphatic rings. The highest BCUT2D eigenvalue weighted by Crippen LogP contribution is 2.21. The number of aromatic hydroxyl groups is 1. The van der Waals surface area contributed by atoms with Gasteiger partial charge in [0, 0.05) is 0 Å². The lowest BCUT2D eigenvalue weighted by Crippen LogP contribution is -2.03. The van der Waals surface area contributed by atoms with Crippen molar-refractivity contribution in [3.63, 3.8) is 0 Å². The number of methoxy groups -OCH3 is 1. The van der Waals surface area contributed by atoms with E-state index in [1.54, 1.807) is 12.1 Å². The fraction of sp³-hybridized carbons (Fsp3) is 0.250. The molecule has 2 rings (SSSR count). The van der Waals surface area contributed by atoms with Crippen molar-refractivity contribution in [2.24, 2.45) is 0 Å². The standard InChI is InChI=1S/C12H12N2O4/c1-7(15)6-9-13-11(12(17)18-2)8-4-3-5-10(16)14(8)9/h3-5,16H,6H2,1-2H3. The Morgan fingerprint density at radius 3 is 2.78 bits per heavy atom. The molecule has 0 amide bonds. The zero-order chi connectivity index (χ0) is 13.3.